The number of aliphatic hydroxyl groups is 1. The molecule has 1 aromatic heterocycles. The molecule has 1 heterocycles. The smallest absolute Gasteiger partial charge is 0.263 e. The van der Waals surface area contributed by atoms with Gasteiger partial charge < -0.3 is 20.7 Å². The first-order valence-electron chi connectivity index (χ1n) is 9.23. The van der Waals surface area contributed by atoms with Gasteiger partial charge in [-0.1, -0.05) is 12.1 Å². The van der Waals surface area contributed by atoms with E-state index in [-0.39, 0.29) is 36.1 Å². The molecule has 0 aliphatic rings. The van der Waals surface area contributed by atoms with E-state index in [4.69, 9.17) is 5.73 Å². The van der Waals surface area contributed by atoms with Crippen molar-refractivity contribution >= 4 is 34.5 Å². The van der Waals surface area contributed by atoms with Crippen molar-refractivity contribution in [2.75, 3.05) is 23.8 Å². The number of nitrogens with two attached hydrogens (primary N) is 1. The van der Waals surface area contributed by atoms with Crippen molar-refractivity contribution in [1.29, 1.82) is 0 Å². The van der Waals surface area contributed by atoms with E-state index < -0.39 is 12.3 Å². The topological polar surface area (TPSA) is 122 Å². The second-order valence-corrected chi connectivity index (χ2v) is 6.50. The number of alkyl halides is 2. The molecule has 0 saturated carbocycles. The number of fused-ring (bicyclic) bond motifs is 1. The van der Waals surface area contributed by atoms with Gasteiger partial charge >= 0.3 is 0 Å². The Morgan fingerprint density at radius 3 is 2.67 bits per heavy atom. The van der Waals surface area contributed by atoms with Crippen molar-refractivity contribution in [2.45, 2.75) is 19.4 Å². The largest absolute Gasteiger partial charge is 0.396 e. The second-order valence-electron chi connectivity index (χ2n) is 6.50. The van der Waals surface area contributed by atoms with Crippen molar-refractivity contribution in [3.05, 3.63) is 53.6 Å². The van der Waals surface area contributed by atoms with Crippen LogP contribution in [0.5, 0.6) is 0 Å². The van der Waals surface area contributed by atoms with E-state index in [1.54, 1.807) is 22.8 Å². The first kappa shape index (κ1) is 21.3. The van der Waals surface area contributed by atoms with Crippen LogP contribution in [0.1, 0.15) is 28.8 Å². The average Bonchev–Trinajstić information content (AvgIpc) is 3.08. The summed E-state index contributed by atoms with van der Waals surface area (Å²) in [5.74, 6) is -0.746. The van der Waals surface area contributed by atoms with Gasteiger partial charge in [0.25, 0.3) is 12.3 Å². The Morgan fingerprint density at radius 1 is 1.17 bits per heavy atom. The standard InChI is InChI=1S/C20H21F2N5O3/c21-18(22)12-3-1-4-13(9-12)19(30)26-20-25-15-10-14(24-17(29)11-23)5-6-16(15)27(20)7-2-8-28/h1,3-6,9-10,18,28H,2,7-8,11,23H2,(H,24,29)(H,25,26,30). The molecule has 2 aromatic carbocycles. The number of imidazole rings is 1. The minimum absolute atomic E-state index is 0.0614. The summed E-state index contributed by atoms with van der Waals surface area (Å²) >= 11 is 0. The predicted molar refractivity (Wildman–Crippen MR) is 108 cm³/mol. The van der Waals surface area contributed by atoms with Gasteiger partial charge in [0, 0.05) is 30.0 Å². The molecular formula is C20H21F2N5O3. The SMILES string of the molecule is NCC(=O)Nc1ccc2c(c1)nc(NC(=O)c1cccc(C(F)F)c1)n2CCCO. The highest BCUT2D eigenvalue weighted by Crippen LogP contribution is 2.25. The minimum Gasteiger partial charge on any atom is -0.396 e. The van der Waals surface area contributed by atoms with E-state index in [0.29, 0.717) is 29.7 Å². The first-order chi connectivity index (χ1) is 14.4. The Hall–Kier alpha value is -3.37. The normalized spacial score (nSPS) is 11.1. The Morgan fingerprint density at radius 2 is 1.97 bits per heavy atom. The predicted octanol–water partition coefficient (Wildman–Crippen LogP) is 2.51. The summed E-state index contributed by atoms with van der Waals surface area (Å²) in [6.07, 6.45) is -2.27. The van der Waals surface area contributed by atoms with Crippen LogP contribution >= 0.6 is 0 Å². The number of aromatic nitrogens is 2. The van der Waals surface area contributed by atoms with Gasteiger partial charge in [0.15, 0.2) is 0 Å². The van der Waals surface area contributed by atoms with Crippen LogP contribution in [-0.2, 0) is 11.3 Å². The fraction of sp³-hybridized carbons (Fsp3) is 0.250. The summed E-state index contributed by atoms with van der Waals surface area (Å²) in [6.45, 7) is 0.143. The number of rotatable bonds is 8. The number of nitrogens with zero attached hydrogens (tertiary/aromatic N) is 2. The zero-order valence-corrected chi connectivity index (χ0v) is 15.9. The van der Waals surface area contributed by atoms with Gasteiger partial charge in [0.05, 0.1) is 17.6 Å². The summed E-state index contributed by atoms with van der Waals surface area (Å²) in [5.41, 5.74) is 6.79. The number of aryl methyl sites for hydroxylation is 1. The number of amides is 2. The lowest BCUT2D eigenvalue weighted by Gasteiger charge is -2.10. The molecule has 8 nitrogen and oxygen atoms in total. The maximum absolute atomic E-state index is 12.9. The number of benzene rings is 2. The van der Waals surface area contributed by atoms with Crippen molar-refractivity contribution < 1.29 is 23.5 Å². The maximum Gasteiger partial charge on any atom is 0.263 e. The summed E-state index contributed by atoms with van der Waals surface area (Å²) in [7, 11) is 0. The quantitative estimate of drug-likeness (QED) is 0.449. The van der Waals surface area contributed by atoms with Crippen LogP contribution in [0, 0.1) is 0 Å². The number of anilines is 2. The summed E-state index contributed by atoms with van der Waals surface area (Å²) in [5, 5.41) is 14.5. The average molecular weight is 417 g/mol. The van der Waals surface area contributed by atoms with Crippen molar-refractivity contribution in [1.82, 2.24) is 9.55 Å². The molecule has 158 valence electrons. The third-order valence-electron chi connectivity index (χ3n) is 4.38. The van der Waals surface area contributed by atoms with E-state index >= 15 is 0 Å². The summed E-state index contributed by atoms with van der Waals surface area (Å²) < 4.78 is 27.6. The number of carbonyl (C=O) groups is 2. The van der Waals surface area contributed by atoms with Gasteiger partial charge in [-0.25, -0.2) is 13.8 Å². The molecule has 3 rings (SSSR count). The van der Waals surface area contributed by atoms with Gasteiger partial charge in [0.2, 0.25) is 11.9 Å². The molecule has 5 N–H and O–H groups in total. The highest BCUT2D eigenvalue weighted by molar-refractivity contribution is 6.04. The zero-order chi connectivity index (χ0) is 21.7. The molecule has 0 spiro atoms. The number of aliphatic hydroxyl groups excluding tert-OH is 1. The van der Waals surface area contributed by atoms with Gasteiger partial charge in [-0.15, -0.1) is 0 Å². The van der Waals surface area contributed by atoms with Gasteiger partial charge in [0.1, 0.15) is 0 Å². The molecular weight excluding hydrogens is 396 g/mol. The lowest BCUT2D eigenvalue weighted by molar-refractivity contribution is -0.114. The molecule has 0 bridgehead atoms. The maximum atomic E-state index is 12.9. The van der Waals surface area contributed by atoms with E-state index in [2.05, 4.69) is 15.6 Å². The Kier molecular flexibility index (Phi) is 6.70. The summed E-state index contributed by atoms with van der Waals surface area (Å²) in [6, 6.07) is 10.2. The molecule has 10 heteroatoms. The highest BCUT2D eigenvalue weighted by atomic mass is 19.3. The van der Waals surface area contributed by atoms with E-state index in [9.17, 15) is 23.5 Å². The van der Waals surface area contributed by atoms with Gasteiger partial charge in [-0.2, -0.15) is 0 Å². The third-order valence-corrected chi connectivity index (χ3v) is 4.38. The molecule has 2 amide bonds. The van der Waals surface area contributed by atoms with Crippen LogP contribution in [0.15, 0.2) is 42.5 Å². The zero-order valence-electron chi connectivity index (χ0n) is 15.9. The number of hydrogen-bond acceptors (Lipinski definition) is 5. The van der Waals surface area contributed by atoms with Gasteiger partial charge in [-0.3, -0.25) is 14.9 Å². The van der Waals surface area contributed by atoms with Crippen molar-refractivity contribution in [3.63, 3.8) is 0 Å². The van der Waals surface area contributed by atoms with Crippen molar-refractivity contribution in [3.8, 4) is 0 Å². The Balaban J connectivity index is 1.93. The summed E-state index contributed by atoms with van der Waals surface area (Å²) in [4.78, 5) is 28.5. The number of hydrogen-bond donors (Lipinski definition) is 4. The lowest BCUT2D eigenvalue weighted by Crippen LogP contribution is -2.21. The monoisotopic (exact) mass is 417 g/mol. The van der Waals surface area contributed by atoms with Crippen LogP contribution < -0.4 is 16.4 Å². The van der Waals surface area contributed by atoms with Crippen LogP contribution in [0.4, 0.5) is 20.4 Å². The molecule has 0 saturated heterocycles. The molecule has 0 radical (unpaired) electrons. The highest BCUT2D eigenvalue weighted by Gasteiger charge is 2.17. The van der Waals surface area contributed by atoms with Crippen LogP contribution in [0.25, 0.3) is 11.0 Å². The second kappa shape index (κ2) is 9.42. The fourth-order valence-electron chi connectivity index (χ4n) is 2.96. The molecule has 0 atom stereocenters. The molecule has 0 aliphatic carbocycles. The minimum atomic E-state index is -2.69. The molecule has 30 heavy (non-hydrogen) atoms. The lowest BCUT2D eigenvalue weighted by atomic mass is 10.1. The Bertz CT molecular complexity index is 1070. The molecule has 3 aromatic rings. The van der Waals surface area contributed by atoms with E-state index in [0.717, 1.165) is 6.07 Å². The van der Waals surface area contributed by atoms with Crippen LogP contribution in [-0.4, -0.2) is 39.6 Å². The third kappa shape index (κ3) is 4.78. The van der Waals surface area contributed by atoms with Crippen LogP contribution in [0.3, 0.4) is 0 Å². The number of halogens is 2. The number of nitrogens with one attached hydrogen (secondary N) is 2. The van der Waals surface area contributed by atoms with Crippen molar-refractivity contribution in [2.24, 2.45) is 5.73 Å². The Labute approximate surface area is 170 Å². The van der Waals surface area contributed by atoms with Crippen LogP contribution in [0.2, 0.25) is 0 Å². The van der Waals surface area contributed by atoms with E-state index in [1.165, 1.54) is 18.2 Å². The molecule has 0 unspecified atom stereocenters. The number of carbonyl (C=O) groups excluding carboxylic acids is 2. The van der Waals surface area contributed by atoms with E-state index in [1.807, 2.05) is 0 Å². The first-order valence-corrected chi connectivity index (χ1v) is 9.23. The van der Waals surface area contributed by atoms with Gasteiger partial charge in [-0.05, 0) is 36.8 Å². The molecule has 0 fully saturated rings. The fourth-order valence-corrected chi connectivity index (χ4v) is 2.96. The molecule has 0 aliphatic heterocycles.